The molecule has 0 aliphatic rings. The number of methoxy groups -OCH3 is 1. The second kappa shape index (κ2) is 8.57. The van der Waals surface area contributed by atoms with Crippen molar-refractivity contribution in [2.45, 2.75) is 25.8 Å². The highest BCUT2D eigenvalue weighted by Crippen LogP contribution is 2.30. The smallest absolute Gasteiger partial charge is 0.311 e. The first kappa shape index (κ1) is 18.2. The molecule has 0 aliphatic heterocycles. The van der Waals surface area contributed by atoms with Gasteiger partial charge in [-0.2, -0.15) is 0 Å². The predicted octanol–water partition coefficient (Wildman–Crippen LogP) is 1.35. The fraction of sp³-hybridized carbons (Fsp3) is 0.429. The Labute approximate surface area is 132 Å². The van der Waals surface area contributed by atoms with E-state index in [9.17, 15) is 19.7 Å². The minimum Gasteiger partial charge on any atom is -0.490 e. The Morgan fingerprint density at radius 2 is 2.13 bits per heavy atom. The van der Waals surface area contributed by atoms with Crippen molar-refractivity contribution in [3.05, 3.63) is 28.3 Å². The van der Waals surface area contributed by atoms with Crippen LogP contribution in [0.2, 0.25) is 0 Å². The van der Waals surface area contributed by atoms with Gasteiger partial charge in [0.15, 0.2) is 6.61 Å². The molecular weight excluding hydrogens is 308 g/mol. The van der Waals surface area contributed by atoms with Gasteiger partial charge in [0.05, 0.1) is 12.0 Å². The van der Waals surface area contributed by atoms with E-state index in [2.05, 4.69) is 5.32 Å². The van der Waals surface area contributed by atoms with Crippen molar-refractivity contribution in [2.24, 2.45) is 0 Å². The summed E-state index contributed by atoms with van der Waals surface area (Å²) in [6, 6.07) is 3.61. The van der Waals surface area contributed by atoms with E-state index in [1.807, 2.05) is 0 Å². The van der Waals surface area contributed by atoms with Gasteiger partial charge in [-0.05, 0) is 19.4 Å². The van der Waals surface area contributed by atoms with Crippen molar-refractivity contribution < 1.29 is 29.1 Å². The van der Waals surface area contributed by atoms with E-state index in [-0.39, 0.29) is 36.3 Å². The standard InChI is InChI=1S/C14H18N2O7/c1-9(3-6-14(18)19)15-13(17)8-23-10-4-5-11(16(20)21)12(7-10)22-2/h4-5,7,9H,3,6,8H2,1-2H3,(H,15,17)(H,18,19). The first-order valence-electron chi connectivity index (χ1n) is 6.80. The molecule has 126 valence electrons. The van der Waals surface area contributed by atoms with Crippen molar-refractivity contribution in [1.82, 2.24) is 5.32 Å². The van der Waals surface area contributed by atoms with Gasteiger partial charge in [-0.25, -0.2) is 0 Å². The average molecular weight is 326 g/mol. The fourth-order valence-electron chi connectivity index (χ4n) is 1.78. The van der Waals surface area contributed by atoms with E-state index in [0.717, 1.165) is 0 Å². The molecule has 0 spiro atoms. The molecule has 2 N–H and O–H groups in total. The highest BCUT2D eigenvalue weighted by molar-refractivity contribution is 5.78. The number of nitrogens with zero attached hydrogens (tertiary/aromatic N) is 1. The maximum absolute atomic E-state index is 11.7. The van der Waals surface area contributed by atoms with Crippen LogP contribution in [-0.4, -0.2) is 41.7 Å². The minimum atomic E-state index is -0.930. The largest absolute Gasteiger partial charge is 0.490 e. The molecule has 23 heavy (non-hydrogen) atoms. The van der Waals surface area contributed by atoms with Gasteiger partial charge in [-0.1, -0.05) is 0 Å². The monoisotopic (exact) mass is 326 g/mol. The number of benzene rings is 1. The quantitative estimate of drug-likeness (QED) is 0.517. The van der Waals surface area contributed by atoms with Gasteiger partial charge in [0.25, 0.3) is 5.91 Å². The van der Waals surface area contributed by atoms with E-state index in [1.165, 1.54) is 25.3 Å². The SMILES string of the molecule is COc1cc(OCC(=O)NC(C)CCC(=O)O)ccc1[N+](=O)[O-]. The summed E-state index contributed by atoms with van der Waals surface area (Å²) in [4.78, 5) is 32.3. The molecule has 9 heteroatoms. The number of carboxylic acid groups (broad SMARTS) is 1. The van der Waals surface area contributed by atoms with Crippen molar-refractivity contribution >= 4 is 17.6 Å². The van der Waals surface area contributed by atoms with Crippen molar-refractivity contribution in [3.8, 4) is 11.5 Å². The zero-order chi connectivity index (χ0) is 17.4. The third-order valence-electron chi connectivity index (χ3n) is 2.92. The molecule has 1 rings (SSSR count). The molecule has 9 nitrogen and oxygen atoms in total. The molecule has 1 amide bonds. The van der Waals surface area contributed by atoms with Gasteiger partial charge in [0, 0.05) is 24.6 Å². The second-order valence-corrected chi connectivity index (χ2v) is 4.78. The van der Waals surface area contributed by atoms with E-state index in [4.69, 9.17) is 14.6 Å². The number of carboxylic acids is 1. The highest BCUT2D eigenvalue weighted by Gasteiger charge is 2.16. The zero-order valence-electron chi connectivity index (χ0n) is 12.8. The van der Waals surface area contributed by atoms with Crippen LogP contribution in [0.4, 0.5) is 5.69 Å². The number of rotatable bonds is 9. The molecule has 0 aliphatic carbocycles. The Hall–Kier alpha value is -2.84. The normalized spacial score (nSPS) is 11.4. The van der Waals surface area contributed by atoms with Gasteiger partial charge in [-0.3, -0.25) is 19.7 Å². The van der Waals surface area contributed by atoms with E-state index in [0.29, 0.717) is 6.42 Å². The third-order valence-corrected chi connectivity index (χ3v) is 2.92. The van der Waals surface area contributed by atoms with Gasteiger partial charge in [-0.15, -0.1) is 0 Å². The predicted molar refractivity (Wildman–Crippen MR) is 79.6 cm³/mol. The summed E-state index contributed by atoms with van der Waals surface area (Å²) in [5.41, 5.74) is -0.202. The molecule has 0 saturated carbocycles. The summed E-state index contributed by atoms with van der Waals surface area (Å²) in [6.07, 6.45) is 0.272. The lowest BCUT2D eigenvalue weighted by Gasteiger charge is -2.13. The van der Waals surface area contributed by atoms with Crippen LogP contribution in [0, 0.1) is 10.1 Å². The first-order chi connectivity index (χ1) is 10.8. The molecule has 0 saturated heterocycles. The molecule has 0 radical (unpaired) electrons. The summed E-state index contributed by atoms with van der Waals surface area (Å²) in [6.45, 7) is 1.40. The van der Waals surface area contributed by atoms with Crippen LogP contribution in [0.25, 0.3) is 0 Å². The van der Waals surface area contributed by atoms with Crippen LogP contribution in [0.3, 0.4) is 0 Å². The van der Waals surface area contributed by atoms with Gasteiger partial charge in [0.1, 0.15) is 5.75 Å². The fourth-order valence-corrected chi connectivity index (χ4v) is 1.78. The molecule has 1 atom stereocenters. The van der Waals surface area contributed by atoms with E-state index in [1.54, 1.807) is 6.92 Å². The van der Waals surface area contributed by atoms with Gasteiger partial charge < -0.3 is 19.9 Å². The van der Waals surface area contributed by atoms with E-state index >= 15 is 0 Å². The number of carbonyl (C=O) groups excluding carboxylic acids is 1. The minimum absolute atomic E-state index is 0.0303. The van der Waals surface area contributed by atoms with Crippen LogP contribution in [0.5, 0.6) is 11.5 Å². The summed E-state index contributed by atoms with van der Waals surface area (Å²) >= 11 is 0. The Kier molecular flexibility index (Phi) is 6.78. The number of nitrogens with one attached hydrogen (secondary N) is 1. The average Bonchev–Trinajstić information content (AvgIpc) is 2.50. The van der Waals surface area contributed by atoms with Crippen molar-refractivity contribution in [3.63, 3.8) is 0 Å². The van der Waals surface area contributed by atoms with Crippen LogP contribution >= 0.6 is 0 Å². The number of nitro groups is 1. The number of hydrogen-bond acceptors (Lipinski definition) is 6. The maximum Gasteiger partial charge on any atom is 0.311 e. The number of aliphatic carboxylic acids is 1. The summed E-state index contributed by atoms with van der Waals surface area (Å²) < 4.78 is 10.1. The molecule has 0 fully saturated rings. The number of ether oxygens (including phenoxy) is 2. The first-order valence-corrected chi connectivity index (χ1v) is 6.80. The van der Waals surface area contributed by atoms with Crippen LogP contribution in [0.1, 0.15) is 19.8 Å². The zero-order valence-corrected chi connectivity index (χ0v) is 12.8. The van der Waals surface area contributed by atoms with Crippen LogP contribution in [-0.2, 0) is 9.59 Å². The third kappa shape index (κ3) is 6.20. The Morgan fingerprint density at radius 3 is 2.70 bits per heavy atom. The number of carbonyl (C=O) groups is 2. The maximum atomic E-state index is 11.7. The van der Waals surface area contributed by atoms with Crippen molar-refractivity contribution in [1.29, 1.82) is 0 Å². The molecule has 0 heterocycles. The lowest BCUT2D eigenvalue weighted by atomic mass is 10.2. The Morgan fingerprint density at radius 1 is 1.43 bits per heavy atom. The Balaban J connectivity index is 2.53. The molecular formula is C14H18N2O7. The number of hydrogen-bond donors (Lipinski definition) is 2. The number of amides is 1. The number of nitro benzene ring substituents is 1. The topological polar surface area (TPSA) is 128 Å². The van der Waals surface area contributed by atoms with E-state index < -0.39 is 16.8 Å². The summed E-state index contributed by atoms with van der Waals surface area (Å²) in [5.74, 6) is -1.07. The van der Waals surface area contributed by atoms with Crippen LogP contribution in [0.15, 0.2) is 18.2 Å². The summed E-state index contributed by atoms with van der Waals surface area (Å²) in [7, 11) is 1.29. The Bertz CT molecular complexity index is 588. The second-order valence-electron chi connectivity index (χ2n) is 4.78. The van der Waals surface area contributed by atoms with Crippen molar-refractivity contribution in [2.75, 3.05) is 13.7 Å². The van der Waals surface area contributed by atoms with Gasteiger partial charge >= 0.3 is 11.7 Å². The molecule has 1 aromatic carbocycles. The molecule has 1 unspecified atom stereocenters. The van der Waals surface area contributed by atoms with Crippen LogP contribution < -0.4 is 14.8 Å². The molecule has 0 bridgehead atoms. The lowest BCUT2D eigenvalue weighted by molar-refractivity contribution is -0.385. The highest BCUT2D eigenvalue weighted by atomic mass is 16.6. The molecule has 0 aromatic heterocycles. The van der Waals surface area contributed by atoms with Gasteiger partial charge in [0.2, 0.25) is 5.75 Å². The summed E-state index contributed by atoms with van der Waals surface area (Å²) in [5, 5.41) is 21.9. The lowest BCUT2D eigenvalue weighted by Crippen LogP contribution is -2.36. The molecule has 1 aromatic rings.